The van der Waals surface area contributed by atoms with Crippen molar-refractivity contribution in [2.24, 2.45) is 5.92 Å². The highest BCUT2D eigenvalue weighted by molar-refractivity contribution is 5.84. The van der Waals surface area contributed by atoms with Crippen molar-refractivity contribution >= 4 is 29.2 Å². The zero-order valence-electron chi connectivity index (χ0n) is 16.4. The number of hydrogen-bond donors (Lipinski definition) is 3. The molecular formula is C20H28N4O4. The van der Waals surface area contributed by atoms with Crippen molar-refractivity contribution < 1.29 is 19.5 Å². The summed E-state index contributed by atoms with van der Waals surface area (Å²) in [6.07, 6.45) is 3.16. The van der Waals surface area contributed by atoms with Gasteiger partial charge in [-0.05, 0) is 25.1 Å². The SMILES string of the molecule is CNC(=O)C1CN(C)CCN(C(=O)CCc2c[nH]c3ccccc23)C1.O=CO. The van der Waals surface area contributed by atoms with Crippen molar-refractivity contribution in [1.82, 2.24) is 20.1 Å². The molecule has 1 atom stereocenters. The van der Waals surface area contributed by atoms with E-state index in [9.17, 15) is 9.59 Å². The maximum Gasteiger partial charge on any atom is 0.290 e. The number of carboxylic acid groups (broad SMARTS) is 1. The molecule has 0 aliphatic carbocycles. The van der Waals surface area contributed by atoms with E-state index < -0.39 is 0 Å². The van der Waals surface area contributed by atoms with Gasteiger partial charge in [0.05, 0.1) is 5.92 Å². The fourth-order valence-corrected chi connectivity index (χ4v) is 3.51. The second-order valence-corrected chi connectivity index (χ2v) is 6.88. The van der Waals surface area contributed by atoms with Crippen LogP contribution >= 0.6 is 0 Å². The Kier molecular flexibility index (Phi) is 8.01. The summed E-state index contributed by atoms with van der Waals surface area (Å²) in [5, 5.41) is 10.8. The number of likely N-dealkylation sites (N-methyl/N-ethyl adjacent to an activating group) is 1. The minimum atomic E-state index is -0.250. The van der Waals surface area contributed by atoms with Gasteiger partial charge in [0, 0.05) is 56.7 Å². The lowest BCUT2D eigenvalue weighted by molar-refractivity contribution is -0.133. The maximum absolute atomic E-state index is 12.7. The minimum Gasteiger partial charge on any atom is -0.483 e. The quantitative estimate of drug-likeness (QED) is 0.676. The van der Waals surface area contributed by atoms with Crippen LogP contribution in [0.5, 0.6) is 0 Å². The van der Waals surface area contributed by atoms with E-state index >= 15 is 0 Å². The first-order valence-corrected chi connectivity index (χ1v) is 9.30. The second-order valence-electron chi connectivity index (χ2n) is 6.88. The Morgan fingerprint density at radius 3 is 2.71 bits per heavy atom. The fraction of sp³-hybridized carbons (Fsp3) is 0.450. The first-order chi connectivity index (χ1) is 13.5. The lowest BCUT2D eigenvalue weighted by Gasteiger charge is -2.23. The molecule has 8 nitrogen and oxygen atoms in total. The third-order valence-electron chi connectivity index (χ3n) is 4.98. The van der Waals surface area contributed by atoms with Crippen molar-refractivity contribution in [3.8, 4) is 0 Å². The first-order valence-electron chi connectivity index (χ1n) is 9.30. The molecule has 28 heavy (non-hydrogen) atoms. The van der Waals surface area contributed by atoms with Gasteiger partial charge in [0.25, 0.3) is 6.47 Å². The Morgan fingerprint density at radius 2 is 2.00 bits per heavy atom. The van der Waals surface area contributed by atoms with Crippen LogP contribution in [0.15, 0.2) is 30.5 Å². The summed E-state index contributed by atoms with van der Waals surface area (Å²) in [6, 6.07) is 8.13. The molecule has 0 bridgehead atoms. The van der Waals surface area contributed by atoms with E-state index in [1.807, 2.05) is 36.3 Å². The van der Waals surface area contributed by atoms with E-state index in [1.54, 1.807) is 7.05 Å². The fourth-order valence-electron chi connectivity index (χ4n) is 3.51. The number of hydrogen-bond acceptors (Lipinski definition) is 4. The van der Waals surface area contributed by atoms with Crippen molar-refractivity contribution in [2.75, 3.05) is 40.3 Å². The Balaban J connectivity index is 0.000000878. The van der Waals surface area contributed by atoms with Crippen molar-refractivity contribution in [3.05, 3.63) is 36.0 Å². The molecule has 1 aromatic carbocycles. The number of fused-ring (bicyclic) bond motifs is 1. The van der Waals surface area contributed by atoms with Gasteiger partial charge in [-0.3, -0.25) is 14.4 Å². The van der Waals surface area contributed by atoms with E-state index in [1.165, 1.54) is 10.9 Å². The summed E-state index contributed by atoms with van der Waals surface area (Å²) in [5.74, 6) is -0.0489. The molecule has 8 heteroatoms. The van der Waals surface area contributed by atoms with Crippen LogP contribution in [-0.4, -0.2) is 78.5 Å². The molecule has 0 spiro atoms. The maximum atomic E-state index is 12.7. The molecule has 2 aromatic rings. The van der Waals surface area contributed by atoms with Gasteiger partial charge < -0.3 is 25.2 Å². The van der Waals surface area contributed by atoms with Gasteiger partial charge in [0.15, 0.2) is 0 Å². The Labute approximate surface area is 164 Å². The molecule has 152 valence electrons. The smallest absolute Gasteiger partial charge is 0.290 e. The zero-order valence-corrected chi connectivity index (χ0v) is 16.4. The number of carbonyl (C=O) groups is 3. The summed E-state index contributed by atoms with van der Waals surface area (Å²) in [5.41, 5.74) is 2.26. The lowest BCUT2D eigenvalue weighted by atomic mass is 10.1. The lowest BCUT2D eigenvalue weighted by Crippen LogP contribution is -2.41. The molecular weight excluding hydrogens is 360 g/mol. The molecule has 3 rings (SSSR count). The first kappa shape index (κ1) is 21.4. The van der Waals surface area contributed by atoms with E-state index in [4.69, 9.17) is 9.90 Å². The number of amides is 2. The van der Waals surface area contributed by atoms with Gasteiger partial charge in [-0.1, -0.05) is 18.2 Å². The van der Waals surface area contributed by atoms with Gasteiger partial charge in [0.1, 0.15) is 0 Å². The number of para-hydroxylation sites is 1. The van der Waals surface area contributed by atoms with Crippen LogP contribution in [0.1, 0.15) is 12.0 Å². The third kappa shape index (κ3) is 5.56. The van der Waals surface area contributed by atoms with Crippen molar-refractivity contribution in [3.63, 3.8) is 0 Å². The number of H-pyrrole nitrogens is 1. The van der Waals surface area contributed by atoms with E-state index in [0.29, 0.717) is 32.5 Å². The van der Waals surface area contributed by atoms with Crippen LogP contribution in [0.2, 0.25) is 0 Å². The van der Waals surface area contributed by atoms with Gasteiger partial charge in [0.2, 0.25) is 11.8 Å². The molecule has 1 aliphatic heterocycles. The molecule has 1 aromatic heterocycles. The second kappa shape index (κ2) is 10.5. The zero-order chi connectivity index (χ0) is 20.5. The highest BCUT2D eigenvalue weighted by Gasteiger charge is 2.28. The van der Waals surface area contributed by atoms with Crippen LogP contribution in [-0.2, 0) is 20.8 Å². The van der Waals surface area contributed by atoms with Gasteiger partial charge in [-0.2, -0.15) is 0 Å². The van der Waals surface area contributed by atoms with Crippen LogP contribution in [0.4, 0.5) is 0 Å². The monoisotopic (exact) mass is 388 g/mol. The highest BCUT2D eigenvalue weighted by atomic mass is 16.3. The largest absolute Gasteiger partial charge is 0.483 e. The number of benzene rings is 1. The molecule has 2 amide bonds. The standard InChI is InChI=1S/C19H26N4O2.CH2O2/c1-20-19(25)15-12-22(2)9-10-23(13-15)18(24)8-7-14-11-21-17-6-4-3-5-16(14)17;2-1-3/h3-6,11,15,21H,7-10,12-13H2,1-2H3,(H,20,25);1H,(H,2,3). The van der Waals surface area contributed by atoms with Crippen LogP contribution < -0.4 is 5.32 Å². The Hall–Kier alpha value is -2.87. The van der Waals surface area contributed by atoms with E-state index in [-0.39, 0.29) is 24.2 Å². The average molecular weight is 388 g/mol. The number of nitrogens with zero attached hydrogens (tertiary/aromatic N) is 2. The molecule has 1 saturated heterocycles. The predicted molar refractivity (Wildman–Crippen MR) is 107 cm³/mol. The number of aryl methyl sites for hydroxylation is 1. The van der Waals surface area contributed by atoms with Gasteiger partial charge >= 0.3 is 0 Å². The molecule has 3 N–H and O–H groups in total. The summed E-state index contributed by atoms with van der Waals surface area (Å²) in [7, 11) is 3.65. The third-order valence-corrected chi connectivity index (χ3v) is 4.98. The number of nitrogens with one attached hydrogen (secondary N) is 2. The number of rotatable bonds is 4. The van der Waals surface area contributed by atoms with E-state index in [0.717, 1.165) is 12.1 Å². The predicted octanol–water partition coefficient (Wildman–Crippen LogP) is 0.938. The summed E-state index contributed by atoms with van der Waals surface area (Å²) in [4.78, 5) is 40.3. The molecule has 0 radical (unpaired) electrons. The normalized spacial score (nSPS) is 17.4. The Bertz CT molecular complexity index is 804. The number of aromatic nitrogens is 1. The number of aromatic amines is 1. The van der Waals surface area contributed by atoms with Gasteiger partial charge in [-0.25, -0.2) is 0 Å². The topological polar surface area (TPSA) is 106 Å². The summed E-state index contributed by atoms with van der Waals surface area (Å²) in [6.45, 7) is 2.41. The van der Waals surface area contributed by atoms with Gasteiger partial charge in [-0.15, -0.1) is 0 Å². The molecule has 1 aliphatic rings. The minimum absolute atomic E-state index is 0.00294. The summed E-state index contributed by atoms with van der Waals surface area (Å²) < 4.78 is 0. The summed E-state index contributed by atoms with van der Waals surface area (Å²) >= 11 is 0. The van der Waals surface area contributed by atoms with Crippen LogP contribution in [0, 0.1) is 5.92 Å². The van der Waals surface area contributed by atoms with E-state index in [2.05, 4.69) is 21.3 Å². The Morgan fingerprint density at radius 1 is 1.29 bits per heavy atom. The molecule has 1 fully saturated rings. The average Bonchev–Trinajstić information content (AvgIpc) is 3.00. The molecule has 1 unspecified atom stereocenters. The van der Waals surface area contributed by atoms with Crippen molar-refractivity contribution in [2.45, 2.75) is 12.8 Å². The van der Waals surface area contributed by atoms with Crippen LogP contribution in [0.3, 0.4) is 0 Å². The molecule has 2 heterocycles. The van der Waals surface area contributed by atoms with Crippen molar-refractivity contribution in [1.29, 1.82) is 0 Å². The highest BCUT2D eigenvalue weighted by Crippen LogP contribution is 2.19. The molecule has 0 saturated carbocycles. The number of carbonyl (C=O) groups excluding carboxylic acids is 2. The van der Waals surface area contributed by atoms with Crippen LogP contribution in [0.25, 0.3) is 10.9 Å².